The van der Waals surface area contributed by atoms with Crippen molar-refractivity contribution in [3.63, 3.8) is 0 Å². The molecular weight excluding hydrogens is 226 g/mol. The van der Waals surface area contributed by atoms with E-state index < -0.39 is 10.8 Å². The molecule has 0 aromatic carbocycles. The van der Waals surface area contributed by atoms with Crippen LogP contribution in [0.15, 0.2) is 4.90 Å². The van der Waals surface area contributed by atoms with Crippen LogP contribution in [0.2, 0.25) is 0 Å². The highest BCUT2D eigenvalue weighted by molar-refractivity contribution is 7.85. The van der Waals surface area contributed by atoms with E-state index in [1.807, 2.05) is 0 Å². The van der Waals surface area contributed by atoms with Crippen LogP contribution >= 0.6 is 0 Å². The van der Waals surface area contributed by atoms with Crippen LogP contribution in [0.5, 0.6) is 0 Å². The molecule has 1 aromatic rings. The van der Waals surface area contributed by atoms with Gasteiger partial charge in [-0.25, -0.2) is 0 Å². The number of hydrogen-bond acceptors (Lipinski definition) is 4. The third-order valence-electron chi connectivity index (χ3n) is 3.12. The zero-order valence-corrected chi connectivity index (χ0v) is 9.81. The maximum Gasteiger partial charge on any atom is 0.164 e. The maximum absolute atomic E-state index is 11.8. The van der Waals surface area contributed by atoms with Gasteiger partial charge in [-0.15, -0.1) is 0 Å². The molecule has 16 heavy (non-hydrogen) atoms. The molecule has 88 valence electrons. The van der Waals surface area contributed by atoms with E-state index in [2.05, 4.69) is 15.5 Å². The Morgan fingerprint density at radius 3 is 3.06 bits per heavy atom. The van der Waals surface area contributed by atoms with Gasteiger partial charge in [-0.2, -0.15) is 5.10 Å². The van der Waals surface area contributed by atoms with Crippen molar-refractivity contribution in [2.75, 3.05) is 24.3 Å². The maximum atomic E-state index is 11.8. The Labute approximate surface area is 96.4 Å². The first-order valence-electron chi connectivity index (χ1n) is 5.64. The molecule has 2 aliphatic heterocycles. The molecule has 0 saturated carbocycles. The van der Waals surface area contributed by atoms with Gasteiger partial charge in [0.25, 0.3) is 0 Å². The van der Waals surface area contributed by atoms with Crippen molar-refractivity contribution in [3.05, 3.63) is 5.69 Å². The third-order valence-corrected chi connectivity index (χ3v) is 4.59. The van der Waals surface area contributed by atoms with Gasteiger partial charge in [-0.3, -0.25) is 9.31 Å². The molecule has 0 amide bonds. The first kappa shape index (κ1) is 10.3. The molecule has 1 saturated heterocycles. The highest BCUT2D eigenvalue weighted by Crippen LogP contribution is 2.28. The zero-order chi connectivity index (χ0) is 11.0. The van der Waals surface area contributed by atoms with Crippen LogP contribution in [0.1, 0.15) is 18.5 Å². The fourth-order valence-corrected chi connectivity index (χ4v) is 3.55. The number of anilines is 1. The second kappa shape index (κ2) is 4.18. The summed E-state index contributed by atoms with van der Waals surface area (Å²) in [5.41, 5.74) is 1.04. The molecule has 1 aromatic heterocycles. The summed E-state index contributed by atoms with van der Waals surface area (Å²) < 4.78 is 17.1. The van der Waals surface area contributed by atoms with Crippen LogP contribution in [-0.2, 0) is 22.0 Å². The largest absolute Gasteiger partial charge is 0.381 e. The van der Waals surface area contributed by atoms with Crippen LogP contribution in [0.25, 0.3) is 0 Å². The van der Waals surface area contributed by atoms with Gasteiger partial charge in [0.2, 0.25) is 0 Å². The number of aromatic nitrogens is 2. The summed E-state index contributed by atoms with van der Waals surface area (Å²) in [7, 11) is -0.870. The third kappa shape index (κ3) is 1.76. The molecule has 1 unspecified atom stereocenters. The molecule has 0 spiro atoms. The molecule has 2 aliphatic rings. The predicted molar refractivity (Wildman–Crippen MR) is 61.0 cm³/mol. The summed E-state index contributed by atoms with van der Waals surface area (Å²) >= 11 is 0. The molecule has 1 fully saturated rings. The Morgan fingerprint density at radius 1 is 1.44 bits per heavy atom. The lowest BCUT2D eigenvalue weighted by Gasteiger charge is -2.23. The number of hydrogen-bond donors (Lipinski definition) is 2. The second-order valence-electron chi connectivity index (χ2n) is 4.21. The number of aromatic amines is 1. The first-order chi connectivity index (χ1) is 7.84. The van der Waals surface area contributed by atoms with E-state index >= 15 is 0 Å². The molecule has 6 heteroatoms. The van der Waals surface area contributed by atoms with Crippen LogP contribution in [0.3, 0.4) is 0 Å². The van der Waals surface area contributed by atoms with Gasteiger partial charge in [0.15, 0.2) is 5.82 Å². The lowest BCUT2D eigenvalue weighted by Crippen LogP contribution is -2.28. The average molecular weight is 241 g/mol. The number of nitrogens with one attached hydrogen (secondary N) is 2. The van der Waals surface area contributed by atoms with Crippen molar-refractivity contribution in [2.45, 2.75) is 30.2 Å². The van der Waals surface area contributed by atoms with Crippen LogP contribution in [0, 0.1) is 0 Å². The summed E-state index contributed by atoms with van der Waals surface area (Å²) in [5.74, 6) is 1.52. The number of fused-ring (bicyclic) bond motifs is 1. The van der Waals surface area contributed by atoms with Crippen molar-refractivity contribution < 1.29 is 8.95 Å². The van der Waals surface area contributed by atoms with Gasteiger partial charge in [0.1, 0.15) is 4.90 Å². The van der Waals surface area contributed by atoms with Gasteiger partial charge in [-0.1, -0.05) is 0 Å². The van der Waals surface area contributed by atoms with E-state index in [1.165, 1.54) is 0 Å². The monoisotopic (exact) mass is 241 g/mol. The minimum Gasteiger partial charge on any atom is -0.381 e. The van der Waals surface area contributed by atoms with Gasteiger partial charge in [-0.05, 0) is 12.8 Å². The summed E-state index contributed by atoms with van der Waals surface area (Å²) in [6.07, 6.45) is 2.84. The lowest BCUT2D eigenvalue weighted by atomic mass is 10.1. The van der Waals surface area contributed by atoms with E-state index in [0.29, 0.717) is 6.04 Å². The number of nitrogens with zero attached hydrogens (tertiary/aromatic N) is 1. The highest BCUT2D eigenvalue weighted by Gasteiger charge is 2.26. The Morgan fingerprint density at radius 2 is 2.25 bits per heavy atom. The van der Waals surface area contributed by atoms with Crippen LogP contribution in [-0.4, -0.2) is 39.4 Å². The molecule has 1 atom stereocenters. The van der Waals surface area contributed by atoms with Gasteiger partial charge in [0.05, 0.1) is 16.5 Å². The van der Waals surface area contributed by atoms with Crippen LogP contribution < -0.4 is 5.32 Å². The Bertz CT molecular complexity index is 412. The summed E-state index contributed by atoms with van der Waals surface area (Å²) in [4.78, 5) is 0.895. The first-order valence-corrected chi connectivity index (χ1v) is 6.96. The standard InChI is InChI=1S/C10H15N3O2S/c14-16-6-3-8-9(16)10(13-12-8)11-7-1-4-15-5-2-7/h7H,1-6H2,(H2,11,12,13). The highest BCUT2D eigenvalue weighted by atomic mass is 32.2. The van der Waals surface area contributed by atoms with Crippen LogP contribution in [0.4, 0.5) is 5.82 Å². The number of rotatable bonds is 2. The fourth-order valence-electron chi connectivity index (χ4n) is 2.21. The summed E-state index contributed by atoms with van der Waals surface area (Å²) in [5, 5.41) is 10.6. The van der Waals surface area contributed by atoms with E-state index in [1.54, 1.807) is 0 Å². The quantitative estimate of drug-likeness (QED) is 0.798. The molecule has 2 N–H and O–H groups in total. The minimum atomic E-state index is -0.870. The lowest BCUT2D eigenvalue weighted by molar-refractivity contribution is 0.0903. The number of ether oxygens (including phenoxy) is 1. The van der Waals surface area contributed by atoms with Gasteiger partial charge < -0.3 is 10.1 Å². The molecule has 5 nitrogen and oxygen atoms in total. The minimum absolute atomic E-state index is 0.402. The molecular formula is C10H15N3O2S. The van der Waals surface area contributed by atoms with Gasteiger partial charge >= 0.3 is 0 Å². The fraction of sp³-hybridized carbons (Fsp3) is 0.700. The van der Waals surface area contributed by atoms with E-state index in [9.17, 15) is 4.21 Å². The van der Waals surface area contributed by atoms with E-state index in [0.717, 1.165) is 54.6 Å². The Balaban J connectivity index is 1.77. The number of H-pyrrole nitrogens is 1. The van der Waals surface area contributed by atoms with Crippen molar-refractivity contribution in [3.8, 4) is 0 Å². The van der Waals surface area contributed by atoms with Crippen molar-refractivity contribution in [2.24, 2.45) is 0 Å². The summed E-state index contributed by atoms with van der Waals surface area (Å²) in [6.45, 7) is 1.60. The molecule has 3 heterocycles. The van der Waals surface area contributed by atoms with E-state index in [-0.39, 0.29) is 0 Å². The average Bonchev–Trinajstić information content (AvgIpc) is 2.86. The molecule has 0 radical (unpaired) electrons. The Hall–Kier alpha value is -0.880. The molecule has 0 bridgehead atoms. The van der Waals surface area contributed by atoms with E-state index in [4.69, 9.17) is 4.74 Å². The second-order valence-corrected chi connectivity index (χ2v) is 5.72. The predicted octanol–water partition coefficient (Wildman–Crippen LogP) is 0.664. The summed E-state index contributed by atoms with van der Waals surface area (Å²) in [6, 6.07) is 0.402. The van der Waals surface area contributed by atoms with Crippen molar-refractivity contribution in [1.29, 1.82) is 0 Å². The normalized spacial score (nSPS) is 25.6. The zero-order valence-electron chi connectivity index (χ0n) is 8.99. The smallest absolute Gasteiger partial charge is 0.164 e. The molecule has 3 rings (SSSR count). The molecule has 0 aliphatic carbocycles. The SMILES string of the molecule is O=S1CCc2[nH]nc(NC3CCOCC3)c21. The van der Waals surface area contributed by atoms with Crippen molar-refractivity contribution in [1.82, 2.24) is 10.2 Å². The topological polar surface area (TPSA) is 67.0 Å². The van der Waals surface area contributed by atoms with Gasteiger partial charge in [0, 0.05) is 31.4 Å². The Kier molecular flexibility index (Phi) is 2.69. The number of aryl methyl sites for hydroxylation is 1. The van der Waals surface area contributed by atoms with Crippen molar-refractivity contribution >= 4 is 16.6 Å².